The van der Waals surface area contributed by atoms with Gasteiger partial charge in [-0.05, 0) is 62.3 Å². The van der Waals surface area contributed by atoms with Crippen molar-refractivity contribution >= 4 is 32.5 Å². The van der Waals surface area contributed by atoms with Crippen molar-refractivity contribution in [3.05, 3.63) is 42.5 Å². The van der Waals surface area contributed by atoms with Crippen LogP contribution in [0.25, 0.3) is 22.2 Å². The molecule has 1 saturated heterocycles. The van der Waals surface area contributed by atoms with Crippen molar-refractivity contribution in [2.75, 3.05) is 30.2 Å². The summed E-state index contributed by atoms with van der Waals surface area (Å²) in [5.41, 5.74) is 11.0. The van der Waals surface area contributed by atoms with Crippen LogP contribution in [0.3, 0.4) is 0 Å². The van der Waals surface area contributed by atoms with E-state index in [9.17, 15) is 8.42 Å². The second kappa shape index (κ2) is 9.04. The molecule has 6 rings (SSSR count). The molecule has 2 aromatic carbocycles. The molecular weight excluding hydrogens is 464 g/mol. The molecule has 186 valence electrons. The Kier molecular flexibility index (Phi) is 5.86. The number of nitrogens with one attached hydrogen (secondary N) is 2. The third kappa shape index (κ3) is 4.72. The average molecular weight is 497 g/mol. The predicted octanol–water partition coefficient (Wildman–Crippen LogP) is 4.44. The maximum Gasteiger partial charge on any atom is 0.299 e. The second-order valence-electron chi connectivity index (χ2n) is 9.97. The molecule has 1 aliphatic heterocycles. The maximum absolute atomic E-state index is 12.3. The highest BCUT2D eigenvalue weighted by molar-refractivity contribution is 7.90. The molecule has 0 radical (unpaired) electrons. The number of rotatable bonds is 9. The zero-order valence-electron chi connectivity index (χ0n) is 19.7. The van der Waals surface area contributed by atoms with E-state index >= 15 is 0 Å². The van der Waals surface area contributed by atoms with Gasteiger partial charge in [0.25, 0.3) is 10.2 Å². The van der Waals surface area contributed by atoms with E-state index in [1.54, 1.807) is 12.1 Å². The van der Waals surface area contributed by atoms with Gasteiger partial charge < -0.3 is 19.8 Å². The van der Waals surface area contributed by atoms with Crippen LogP contribution in [0.15, 0.2) is 42.5 Å². The molecule has 1 atom stereocenters. The maximum atomic E-state index is 12.3. The number of ether oxygens (including phenoxy) is 2. The van der Waals surface area contributed by atoms with E-state index in [0.717, 1.165) is 72.3 Å². The van der Waals surface area contributed by atoms with Gasteiger partial charge in [-0.15, -0.1) is 0 Å². The lowest BCUT2D eigenvalue weighted by Crippen LogP contribution is -2.31. The highest BCUT2D eigenvalue weighted by Crippen LogP contribution is 2.45. The van der Waals surface area contributed by atoms with Crippen LogP contribution in [0.4, 0.5) is 11.4 Å². The summed E-state index contributed by atoms with van der Waals surface area (Å²) in [5.74, 6) is 1.31. The molecule has 3 aliphatic rings. The number of fused-ring (bicyclic) bond motifs is 1. The molecule has 0 amide bonds. The van der Waals surface area contributed by atoms with Crippen LogP contribution in [-0.4, -0.2) is 38.8 Å². The zero-order chi connectivity index (χ0) is 24.0. The molecule has 9 heteroatoms. The monoisotopic (exact) mass is 496 g/mol. The summed E-state index contributed by atoms with van der Waals surface area (Å²) < 4.78 is 43.9. The molecule has 3 fully saturated rings. The molecule has 0 unspecified atom stereocenters. The molecule has 0 spiro atoms. The van der Waals surface area contributed by atoms with Gasteiger partial charge in [0, 0.05) is 41.7 Å². The summed E-state index contributed by atoms with van der Waals surface area (Å²) in [5, 5.41) is 1.01. The van der Waals surface area contributed by atoms with Crippen LogP contribution in [0, 0.1) is 5.92 Å². The summed E-state index contributed by atoms with van der Waals surface area (Å²) in [6, 6.07) is 14.0. The lowest BCUT2D eigenvalue weighted by Gasteiger charge is -2.30. The number of aromatic nitrogens is 1. The third-order valence-electron chi connectivity index (χ3n) is 7.31. The first-order chi connectivity index (χ1) is 17.0. The van der Waals surface area contributed by atoms with Crippen molar-refractivity contribution in [1.29, 1.82) is 0 Å². The molecule has 4 N–H and O–H groups in total. The van der Waals surface area contributed by atoms with Gasteiger partial charge in [0.05, 0.1) is 30.1 Å². The molecule has 8 nitrogen and oxygen atoms in total. The van der Waals surface area contributed by atoms with Crippen molar-refractivity contribution in [3.8, 4) is 17.0 Å². The minimum atomic E-state index is -3.58. The van der Waals surface area contributed by atoms with Gasteiger partial charge in [0.2, 0.25) is 0 Å². The number of hydrogen-bond acceptors (Lipinski definition) is 5. The van der Waals surface area contributed by atoms with Gasteiger partial charge in [0.1, 0.15) is 11.9 Å². The molecule has 2 aliphatic carbocycles. The molecule has 3 aromatic rings. The number of nitrogens with zero attached hydrogens (tertiary/aromatic N) is 1. The van der Waals surface area contributed by atoms with Crippen molar-refractivity contribution in [2.45, 2.75) is 50.7 Å². The summed E-state index contributed by atoms with van der Waals surface area (Å²) in [7, 11) is -3.58. The van der Waals surface area contributed by atoms with Gasteiger partial charge in [-0.1, -0.05) is 12.1 Å². The summed E-state index contributed by atoms with van der Waals surface area (Å²) in [4.78, 5) is 0. The Morgan fingerprint density at radius 2 is 1.86 bits per heavy atom. The highest BCUT2D eigenvalue weighted by Gasteiger charge is 2.28. The van der Waals surface area contributed by atoms with Gasteiger partial charge in [-0.25, -0.2) is 0 Å². The average Bonchev–Trinajstić information content (AvgIpc) is 3.43. The summed E-state index contributed by atoms with van der Waals surface area (Å²) >= 11 is 0. The number of anilines is 2. The lowest BCUT2D eigenvalue weighted by molar-refractivity contribution is 0.141. The second-order valence-corrected chi connectivity index (χ2v) is 11.5. The standard InChI is InChI=1S/C26H32N4O4S/c27-25-23-11-10-21(34-22-12-13-33-16-22)14-24(23)30(20-2-1-3-20)26(25)18-6-8-19(9-7-18)29-35(31,32)28-15-17-4-5-17/h6-11,14,17,20,22,28-29H,1-5,12-13,15-16,27H2/t22-/m1/s1. The van der Waals surface area contributed by atoms with E-state index in [2.05, 4.69) is 20.1 Å². The minimum Gasteiger partial charge on any atom is -0.488 e. The van der Waals surface area contributed by atoms with Gasteiger partial charge in [-0.3, -0.25) is 4.72 Å². The number of nitrogens with two attached hydrogens (primary N) is 1. The van der Waals surface area contributed by atoms with Crippen LogP contribution in [0.5, 0.6) is 5.75 Å². The van der Waals surface area contributed by atoms with E-state index < -0.39 is 10.2 Å². The first-order valence-corrected chi connectivity index (χ1v) is 14.0. The fourth-order valence-corrected chi connectivity index (χ4v) is 5.92. The van der Waals surface area contributed by atoms with Crippen molar-refractivity contribution < 1.29 is 17.9 Å². The van der Waals surface area contributed by atoms with E-state index in [-0.39, 0.29) is 6.10 Å². The Morgan fingerprint density at radius 1 is 1.06 bits per heavy atom. The lowest BCUT2D eigenvalue weighted by atomic mass is 9.92. The van der Waals surface area contributed by atoms with Crippen molar-refractivity contribution in [3.63, 3.8) is 0 Å². The summed E-state index contributed by atoms with van der Waals surface area (Å²) in [6.07, 6.45) is 6.61. The Bertz CT molecular complexity index is 1320. The fraction of sp³-hybridized carbons (Fsp3) is 0.462. The SMILES string of the molecule is Nc1c(-c2ccc(NS(=O)(=O)NCC3CC3)cc2)n(C2CCC2)c2cc(O[C@@H]3CCOC3)ccc12. The Labute approximate surface area is 206 Å². The van der Waals surface area contributed by atoms with Gasteiger partial charge in [0.15, 0.2) is 0 Å². The first kappa shape index (κ1) is 22.7. The topological polar surface area (TPSA) is 108 Å². The van der Waals surface area contributed by atoms with Crippen LogP contribution < -0.4 is 19.9 Å². The quantitative estimate of drug-likeness (QED) is 0.406. The van der Waals surface area contributed by atoms with E-state index in [1.165, 1.54) is 6.42 Å². The number of benzene rings is 2. The first-order valence-electron chi connectivity index (χ1n) is 12.5. The summed E-state index contributed by atoms with van der Waals surface area (Å²) in [6.45, 7) is 1.86. The largest absolute Gasteiger partial charge is 0.488 e. The van der Waals surface area contributed by atoms with Crippen molar-refractivity contribution in [2.24, 2.45) is 5.92 Å². The third-order valence-corrected chi connectivity index (χ3v) is 8.37. The Balaban J connectivity index is 1.31. The van der Waals surface area contributed by atoms with Crippen LogP contribution >= 0.6 is 0 Å². The predicted molar refractivity (Wildman–Crippen MR) is 138 cm³/mol. The Hall–Kier alpha value is -2.75. The van der Waals surface area contributed by atoms with E-state index in [0.29, 0.717) is 30.8 Å². The van der Waals surface area contributed by atoms with Crippen LogP contribution in [-0.2, 0) is 14.9 Å². The smallest absolute Gasteiger partial charge is 0.299 e. The van der Waals surface area contributed by atoms with Gasteiger partial charge in [-0.2, -0.15) is 13.1 Å². The molecule has 35 heavy (non-hydrogen) atoms. The minimum absolute atomic E-state index is 0.0893. The molecule has 1 aromatic heterocycles. The highest BCUT2D eigenvalue weighted by atomic mass is 32.2. The zero-order valence-corrected chi connectivity index (χ0v) is 20.5. The molecule has 2 saturated carbocycles. The molecule has 0 bridgehead atoms. The van der Waals surface area contributed by atoms with E-state index in [4.69, 9.17) is 15.2 Å². The van der Waals surface area contributed by atoms with Crippen molar-refractivity contribution in [1.82, 2.24) is 9.29 Å². The van der Waals surface area contributed by atoms with Gasteiger partial charge >= 0.3 is 0 Å². The number of hydrogen-bond donors (Lipinski definition) is 3. The molecular formula is C26H32N4O4S. The Morgan fingerprint density at radius 3 is 2.51 bits per heavy atom. The molecule has 2 heterocycles. The van der Waals surface area contributed by atoms with Crippen LogP contribution in [0.1, 0.15) is 44.6 Å². The fourth-order valence-electron chi connectivity index (χ4n) is 4.94. The van der Waals surface area contributed by atoms with Crippen LogP contribution in [0.2, 0.25) is 0 Å². The normalized spacial score (nSPS) is 20.7. The van der Waals surface area contributed by atoms with E-state index in [1.807, 2.05) is 24.3 Å². The number of nitrogen functional groups attached to an aromatic ring is 1.